The number of nitrogens with one attached hydrogen (secondary N) is 1. The van der Waals surface area contributed by atoms with Crippen LogP contribution in [0.1, 0.15) is 50.6 Å². The average molecular weight is 278 g/mol. The molecular weight excluding hydrogens is 251 g/mol. The first-order valence-electron chi connectivity index (χ1n) is 7.70. The fraction of sp³-hybridized carbons (Fsp3) is 0.647. The van der Waals surface area contributed by atoms with Crippen LogP contribution < -0.4 is 5.32 Å². The molecule has 1 saturated carbocycles. The first-order chi connectivity index (χ1) is 9.55. The maximum Gasteiger partial charge on any atom is 0.127 e. The SMILES string of the molecule is CC(NCC1(N(C)C)CCCCC1)c1ccccc1F. The number of nitrogens with zero attached hydrogens (tertiary/aromatic N) is 1. The Kier molecular flexibility index (Phi) is 5.17. The van der Waals surface area contributed by atoms with E-state index in [4.69, 9.17) is 0 Å². The molecule has 1 unspecified atom stereocenters. The number of hydrogen-bond acceptors (Lipinski definition) is 2. The van der Waals surface area contributed by atoms with Gasteiger partial charge in [0.1, 0.15) is 5.82 Å². The van der Waals surface area contributed by atoms with E-state index in [-0.39, 0.29) is 17.4 Å². The number of hydrogen-bond donors (Lipinski definition) is 1. The standard InChI is InChI=1S/C17H27FN2/c1-14(15-9-5-6-10-16(15)18)19-13-17(20(2)3)11-7-4-8-12-17/h5-6,9-10,14,19H,4,7-8,11-13H2,1-3H3. The second-order valence-electron chi connectivity index (χ2n) is 6.30. The summed E-state index contributed by atoms with van der Waals surface area (Å²) in [5.74, 6) is -0.116. The first kappa shape index (κ1) is 15.5. The third kappa shape index (κ3) is 3.39. The Morgan fingerprint density at radius 1 is 1.20 bits per heavy atom. The van der Waals surface area contributed by atoms with Crippen LogP contribution in [0.4, 0.5) is 4.39 Å². The van der Waals surface area contributed by atoms with Gasteiger partial charge >= 0.3 is 0 Å². The highest BCUT2D eigenvalue weighted by Crippen LogP contribution is 2.32. The predicted octanol–water partition coefficient (Wildman–Crippen LogP) is 3.74. The summed E-state index contributed by atoms with van der Waals surface area (Å²) in [5, 5.41) is 3.55. The van der Waals surface area contributed by atoms with Crippen molar-refractivity contribution >= 4 is 0 Å². The second kappa shape index (κ2) is 6.68. The van der Waals surface area contributed by atoms with Crippen LogP contribution in [-0.4, -0.2) is 31.1 Å². The van der Waals surface area contributed by atoms with Crippen LogP contribution in [0.5, 0.6) is 0 Å². The molecule has 0 heterocycles. The van der Waals surface area contributed by atoms with Gasteiger partial charge in [-0.1, -0.05) is 37.5 Å². The summed E-state index contributed by atoms with van der Waals surface area (Å²) in [6.45, 7) is 2.97. The van der Waals surface area contributed by atoms with Gasteiger partial charge in [0.15, 0.2) is 0 Å². The lowest BCUT2D eigenvalue weighted by Gasteiger charge is -2.44. The zero-order chi connectivity index (χ0) is 14.6. The molecule has 1 aromatic rings. The lowest BCUT2D eigenvalue weighted by molar-refractivity contribution is 0.0957. The van der Waals surface area contributed by atoms with Crippen LogP contribution in [0.25, 0.3) is 0 Å². The maximum atomic E-state index is 13.8. The van der Waals surface area contributed by atoms with E-state index < -0.39 is 0 Å². The molecule has 1 aliphatic carbocycles. The number of benzene rings is 1. The number of halogens is 1. The van der Waals surface area contributed by atoms with E-state index >= 15 is 0 Å². The van der Waals surface area contributed by atoms with E-state index in [1.165, 1.54) is 38.2 Å². The molecule has 1 atom stereocenters. The monoisotopic (exact) mass is 278 g/mol. The van der Waals surface area contributed by atoms with E-state index in [1.807, 2.05) is 19.1 Å². The Morgan fingerprint density at radius 2 is 1.85 bits per heavy atom. The lowest BCUT2D eigenvalue weighted by atomic mass is 9.80. The van der Waals surface area contributed by atoms with Gasteiger partial charge in [-0.25, -0.2) is 4.39 Å². The van der Waals surface area contributed by atoms with Gasteiger partial charge in [0.2, 0.25) is 0 Å². The summed E-state index contributed by atoms with van der Waals surface area (Å²) in [5.41, 5.74) is 0.995. The molecule has 1 N–H and O–H groups in total. The summed E-state index contributed by atoms with van der Waals surface area (Å²) < 4.78 is 13.8. The Bertz CT molecular complexity index is 425. The van der Waals surface area contributed by atoms with E-state index in [1.54, 1.807) is 6.07 Å². The van der Waals surface area contributed by atoms with Gasteiger partial charge in [-0.15, -0.1) is 0 Å². The molecule has 0 spiro atoms. The van der Waals surface area contributed by atoms with E-state index in [0.29, 0.717) is 0 Å². The van der Waals surface area contributed by atoms with Crippen LogP contribution in [0.2, 0.25) is 0 Å². The molecule has 20 heavy (non-hydrogen) atoms. The van der Waals surface area contributed by atoms with Crippen molar-refractivity contribution in [3.8, 4) is 0 Å². The highest BCUT2D eigenvalue weighted by atomic mass is 19.1. The fourth-order valence-electron chi connectivity index (χ4n) is 3.27. The smallest absolute Gasteiger partial charge is 0.127 e. The topological polar surface area (TPSA) is 15.3 Å². The summed E-state index contributed by atoms with van der Waals surface area (Å²) in [7, 11) is 4.33. The van der Waals surface area contributed by atoms with Crippen molar-refractivity contribution in [2.24, 2.45) is 0 Å². The van der Waals surface area contributed by atoms with Crippen molar-refractivity contribution < 1.29 is 4.39 Å². The highest BCUT2D eigenvalue weighted by molar-refractivity contribution is 5.20. The Labute approximate surface area is 122 Å². The zero-order valence-corrected chi connectivity index (χ0v) is 13.0. The molecular formula is C17H27FN2. The van der Waals surface area contributed by atoms with Gasteiger partial charge in [-0.3, -0.25) is 0 Å². The van der Waals surface area contributed by atoms with E-state index in [0.717, 1.165) is 12.1 Å². The molecule has 0 amide bonds. The molecule has 2 rings (SSSR count). The Morgan fingerprint density at radius 3 is 2.45 bits per heavy atom. The van der Waals surface area contributed by atoms with Gasteiger partial charge in [-0.2, -0.15) is 0 Å². The molecule has 1 aliphatic rings. The van der Waals surface area contributed by atoms with Crippen molar-refractivity contribution in [2.75, 3.05) is 20.6 Å². The predicted molar refractivity (Wildman–Crippen MR) is 82.3 cm³/mol. The fourth-order valence-corrected chi connectivity index (χ4v) is 3.27. The highest BCUT2D eigenvalue weighted by Gasteiger charge is 2.34. The quantitative estimate of drug-likeness (QED) is 0.882. The van der Waals surface area contributed by atoms with Gasteiger partial charge < -0.3 is 10.2 Å². The molecule has 2 nitrogen and oxygen atoms in total. The maximum absolute atomic E-state index is 13.8. The van der Waals surface area contributed by atoms with Crippen LogP contribution in [0.15, 0.2) is 24.3 Å². The largest absolute Gasteiger partial charge is 0.308 e. The van der Waals surface area contributed by atoms with Gasteiger partial charge in [-0.05, 0) is 39.9 Å². The third-order valence-electron chi connectivity index (χ3n) is 4.84. The van der Waals surface area contributed by atoms with Crippen molar-refractivity contribution in [3.05, 3.63) is 35.6 Å². The normalized spacial score (nSPS) is 20.1. The van der Waals surface area contributed by atoms with Crippen LogP contribution >= 0.6 is 0 Å². The molecule has 0 saturated heterocycles. The van der Waals surface area contributed by atoms with Crippen LogP contribution in [0, 0.1) is 5.82 Å². The summed E-state index contributed by atoms with van der Waals surface area (Å²) in [4.78, 5) is 2.35. The minimum Gasteiger partial charge on any atom is -0.308 e. The minimum absolute atomic E-state index is 0.0509. The Balaban J connectivity index is 2.01. The first-order valence-corrected chi connectivity index (χ1v) is 7.70. The van der Waals surface area contributed by atoms with Crippen LogP contribution in [0.3, 0.4) is 0 Å². The lowest BCUT2D eigenvalue weighted by Crippen LogP contribution is -2.53. The number of rotatable bonds is 5. The molecule has 3 heteroatoms. The molecule has 1 fully saturated rings. The molecule has 0 aromatic heterocycles. The van der Waals surface area contributed by atoms with E-state index in [2.05, 4.69) is 24.3 Å². The van der Waals surface area contributed by atoms with Gasteiger partial charge in [0, 0.05) is 23.7 Å². The van der Waals surface area contributed by atoms with Crippen molar-refractivity contribution in [1.29, 1.82) is 0 Å². The molecule has 0 radical (unpaired) electrons. The molecule has 112 valence electrons. The van der Waals surface area contributed by atoms with Crippen LogP contribution in [-0.2, 0) is 0 Å². The van der Waals surface area contributed by atoms with E-state index in [9.17, 15) is 4.39 Å². The zero-order valence-electron chi connectivity index (χ0n) is 13.0. The van der Waals surface area contributed by atoms with Crippen molar-refractivity contribution in [3.63, 3.8) is 0 Å². The molecule has 0 aliphatic heterocycles. The van der Waals surface area contributed by atoms with Crippen molar-refractivity contribution in [2.45, 2.75) is 50.6 Å². The third-order valence-corrected chi connectivity index (χ3v) is 4.84. The second-order valence-corrected chi connectivity index (χ2v) is 6.30. The summed E-state index contributed by atoms with van der Waals surface area (Å²) in [6, 6.07) is 7.11. The van der Waals surface area contributed by atoms with Crippen molar-refractivity contribution in [1.82, 2.24) is 10.2 Å². The summed E-state index contributed by atoms with van der Waals surface area (Å²) >= 11 is 0. The summed E-state index contributed by atoms with van der Waals surface area (Å²) in [6.07, 6.45) is 6.41. The average Bonchev–Trinajstić information content (AvgIpc) is 2.46. The van der Waals surface area contributed by atoms with Gasteiger partial charge in [0.05, 0.1) is 0 Å². The minimum atomic E-state index is -0.116. The Hall–Kier alpha value is -0.930. The molecule has 0 bridgehead atoms. The molecule has 1 aromatic carbocycles. The van der Waals surface area contributed by atoms with Gasteiger partial charge in [0.25, 0.3) is 0 Å². The number of likely N-dealkylation sites (N-methyl/N-ethyl adjacent to an activating group) is 1.